The van der Waals surface area contributed by atoms with E-state index in [2.05, 4.69) is 10.0 Å². The third kappa shape index (κ3) is 5.47. The van der Waals surface area contributed by atoms with Crippen LogP contribution in [0.5, 0.6) is 0 Å². The van der Waals surface area contributed by atoms with Crippen LogP contribution < -0.4 is 10.0 Å². The Hall–Kier alpha value is -3.61. The number of anilines is 1. The van der Waals surface area contributed by atoms with Crippen LogP contribution in [0.4, 0.5) is 5.69 Å². The number of carbonyl (C=O) groups is 1. The van der Waals surface area contributed by atoms with Crippen molar-refractivity contribution in [1.29, 1.82) is 0 Å². The Morgan fingerprint density at radius 2 is 1.35 bits per heavy atom. The van der Waals surface area contributed by atoms with Crippen molar-refractivity contribution in [1.82, 2.24) is 5.32 Å². The van der Waals surface area contributed by atoms with Crippen molar-refractivity contribution in [3.05, 3.63) is 130 Å². The van der Waals surface area contributed by atoms with Crippen LogP contribution in [0.25, 0.3) is 0 Å². The van der Waals surface area contributed by atoms with Crippen LogP contribution in [-0.2, 0) is 10.0 Å². The zero-order valence-corrected chi connectivity index (χ0v) is 20.0. The van der Waals surface area contributed by atoms with E-state index < -0.39 is 10.0 Å². The van der Waals surface area contributed by atoms with E-state index in [4.69, 9.17) is 11.6 Å². The van der Waals surface area contributed by atoms with Crippen molar-refractivity contribution in [3.63, 3.8) is 0 Å². The predicted molar refractivity (Wildman–Crippen MR) is 136 cm³/mol. The summed E-state index contributed by atoms with van der Waals surface area (Å²) in [5, 5.41) is 3.18. The Bertz CT molecular complexity index is 1350. The van der Waals surface area contributed by atoms with Crippen molar-refractivity contribution in [3.8, 4) is 0 Å². The smallest absolute Gasteiger partial charge is 0.261 e. The number of carbonyl (C=O) groups excluding carboxylic acids is 1. The van der Waals surface area contributed by atoms with Gasteiger partial charge in [0.1, 0.15) is 0 Å². The number of halogens is 1. The van der Waals surface area contributed by atoms with Crippen molar-refractivity contribution >= 4 is 33.2 Å². The first kappa shape index (κ1) is 23.5. The van der Waals surface area contributed by atoms with Gasteiger partial charge < -0.3 is 5.32 Å². The molecule has 0 heterocycles. The number of sulfonamides is 1. The second-order valence-corrected chi connectivity index (χ2v) is 9.93. The summed E-state index contributed by atoms with van der Waals surface area (Å²) in [6.45, 7) is 1.88. The van der Waals surface area contributed by atoms with Crippen molar-refractivity contribution < 1.29 is 13.2 Å². The highest BCUT2D eigenvalue weighted by Crippen LogP contribution is 2.26. The first-order valence-electron chi connectivity index (χ1n) is 10.6. The van der Waals surface area contributed by atoms with Gasteiger partial charge in [-0.3, -0.25) is 9.52 Å². The van der Waals surface area contributed by atoms with Gasteiger partial charge in [0.25, 0.3) is 15.9 Å². The molecule has 0 aliphatic rings. The third-order valence-corrected chi connectivity index (χ3v) is 7.05. The molecule has 0 radical (unpaired) electrons. The van der Waals surface area contributed by atoms with E-state index in [1.165, 1.54) is 30.3 Å². The molecule has 0 bridgehead atoms. The van der Waals surface area contributed by atoms with E-state index in [-0.39, 0.29) is 33.1 Å². The maximum atomic E-state index is 13.1. The van der Waals surface area contributed by atoms with Crippen LogP contribution >= 0.6 is 11.6 Å². The molecule has 0 saturated heterocycles. The van der Waals surface area contributed by atoms with Gasteiger partial charge in [-0.1, -0.05) is 90.0 Å². The number of amides is 1. The molecule has 1 amide bonds. The standard InChI is InChI=1S/C27H23ClN2O3S/c1-19-12-15-23(16-13-19)34(32,33)30-22-14-17-24(25(28)18-22)27(31)29-26(20-8-4-2-5-9-20)21-10-6-3-7-11-21/h2-18,26,30H,1H3,(H,29,31). The average molecular weight is 491 g/mol. The Morgan fingerprint density at radius 3 is 1.88 bits per heavy atom. The van der Waals surface area contributed by atoms with Gasteiger partial charge in [-0.15, -0.1) is 0 Å². The second kappa shape index (κ2) is 10.1. The molecule has 2 N–H and O–H groups in total. The van der Waals surface area contributed by atoms with E-state index in [0.29, 0.717) is 0 Å². The van der Waals surface area contributed by atoms with Gasteiger partial charge >= 0.3 is 0 Å². The molecule has 7 heteroatoms. The van der Waals surface area contributed by atoms with E-state index in [9.17, 15) is 13.2 Å². The van der Waals surface area contributed by atoms with Gasteiger partial charge in [-0.25, -0.2) is 8.42 Å². The fraction of sp³-hybridized carbons (Fsp3) is 0.0741. The topological polar surface area (TPSA) is 75.3 Å². The molecule has 0 fully saturated rings. The van der Waals surface area contributed by atoms with E-state index in [0.717, 1.165) is 16.7 Å². The largest absolute Gasteiger partial charge is 0.341 e. The zero-order valence-electron chi connectivity index (χ0n) is 18.4. The lowest BCUT2D eigenvalue weighted by Crippen LogP contribution is -2.29. The molecule has 4 aromatic carbocycles. The molecule has 34 heavy (non-hydrogen) atoms. The lowest BCUT2D eigenvalue weighted by molar-refractivity contribution is 0.0943. The minimum atomic E-state index is -3.78. The summed E-state index contributed by atoms with van der Waals surface area (Å²) in [6, 6.07) is 29.9. The van der Waals surface area contributed by atoms with Crippen LogP contribution in [-0.4, -0.2) is 14.3 Å². The SMILES string of the molecule is Cc1ccc(S(=O)(=O)Nc2ccc(C(=O)NC(c3ccccc3)c3ccccc3)c(Cl)c2)cc1. The van der Waals surface area contributed by atoms with E-state index >= 15 is 0 Å². The predicted octanol–water partition coefficient (Wildman–Crippen LogP) is 5.97. The van der Waals surface area contributed by atoms with Crippen LogP contribution in [0.2, 0.25) is 5.02 Å². The number of hydrogen-bond acceptors (Lipinski definition) is 3. The highest BCUT2D eigenvalue weighted by atomic mass is 35.5. The first-order chi connectivity index (χ1) is 16.3. The number of rotatable bonds is 7. The zero-order chi connectivity index (χ0) is 24.1. The van der Waals surface area contributed by atoms with Gasteiger partial charge in [0, 0.05) is 0 Å². The molecule has 4 rings (SSSR count). The maximum Gasteiger partial charge on any atom is 0.261 e. The number of aryl methyl sites for hydroxylation is 1. The summed E-state index contributed by atoms with van der Waals surface area (Å²) >= 11 is 6.40. The Kier molecular flexibility index (Phi) is 7.01. The Balaban J connectivity index is 1.56. The molecule has 0 aromatic heterocycles. The van der Waals surface area contributed by atoms with Crippen molar-refractivity contribution in [2.24, 2.45) is 0 Å². The Morgan fingerprint density at radius 1 is 0.794 bits per heavy atom. The molecule has 0 unspecified atom stereocenters. The average Bonchev–Trinajstić information content (AvgIpc) is 2.83. The lowest BCUT2D eigenvalue weighted by Gasteiger charge is -2.20. The van der Waals surface area contributed by atoms with Crippen LogP contribution in [0.3, 0.4) is 0 Å². The molecule has 0 spiro atoms. The van der Waals surface area contributed by atoms with Crippen LogP contribution in [0.15, 0.2) is 108 Å². The number of benzene rings is 4. The van der Waals surface area contributed by atoms with Crippen molar-refractivity contribution in [2.75, 3.05) is 4.72 Å². The molecule has 0 atom stereocenters. The quantitative estimate of drug-likeness (QED) is 0.335. The van der Waals surface area contributed by atoms with Crippen LogP contribution in [0.1, 0.15) is 33.1 Å². The highest BCUT2D eigenvalue weighted by Gasteiger charge is 2.20. The van der Waals surface area contributed by atoms with Gasteiger partial charge in [0.15, 0.2) is 0 Å². The summed E-state index contributed by atoms with van der Waals surface area (Å²) < 4.78 is 27.8. The number of nitrogens with one attached hydrogen (secondary N) is 2. The third-order valence-electron chi connectivity index (χ3n) is 5.34. The molecular formula is C27H23ClN2O3S. The van der Waals surface area contributed by atoms with Crippen LogP contribution in [0, 0.1) is 6.92 Å². The molecule has 5 nitrogen and oxygen atoms in total. The summed E-state index contributed by atoms with van der Waals surface area (Å²) in [5.74, 6) is -0.365. The summed E-state index contributed by atoms with van der Waals surface area (Å²) in [6.07, 6.45) is 0. The Labute approximate surface area is 204 Å². The monoisotopic (exact) mass is 490 g/mol. The second-order valence-electron chi connectivity index (χ2n) is 7.84. The number of hydrogen-bond donors (Lipinski definition) is 2. The minimum absolute atomic E-state index is 0.140. The molecule has 0 aliphatic carbocycles. The van der Waals surface area contributed by atoms with Gasteiger partial charge in [-0.05, 0) is 48.4 Å². The molecule has 4 aromatic rings. The molecule has 0 aliphatic heterocycles. The molecule has 0 saturated carbocycles. The normalized spacial score (nSPS) is 11.3. The van der Waals surface area contributed by atoms with E-state index in [1.807, 2.05) is 67.6 Å². The summed E-state index contributed by atoms with van der Waals surface area (Å²) in [4.78, 5) is 13.3. The highest BCUT2D eigenvalue weighted by molar-refractivity contribution is 7.92. The molecule has 172 valence electrons. The summed E-state index contributed by atoms with van der Waals surface area (Å²) in [5.41, 5.74) is 3.34. The van der Waals surface area contributed by atoms with Crippen molar-refractivity contribution in [2.45, 2.75) is 17.9 Å². The maximum absolute atomic E-state index is 13.1. The first-order valence-corrected chi connectivity index (χ1v) is 12.5. The van der Waals surface area contributed by atoms with Gasteiger partial charge in [-0.2, -0.15) is 0 Å². The fourth-order valence-electron chi connectivity index (χ4n) is 3.55. The summed E-state index contributed by atoms with van der Waals surface area (Å²) in [7, 11) is -3.78. The minimum Gasteiger partial charge on any atom is -0.341 e. The van der Waals surface area contributed by atoms with Gasteiger partial charge in [0.2, 0.25) is 0 Å². The van der Waals surface area contributed by atoms with E-state index in [1.54, 1.807) is 12.1 Å². The lowest BCUT2D eigenvalue weighted by atomic mass is 9.98. The fourth-order valence-corrected chi connectivity index (χ4v) is 4.87. The molecular weight excluding hydrogens is 468 g/mol. The van der Waals surface area contributed by atoms with Gasteiger partial charge in [0.05, 0.1) is 27.2 Å².